The van der Waals surface area contributed by atoms with Gasteiger partial charge < -0.3 is 10.4 Å². The first-order chi connectivity index (χ1) is 10.0. The summed E-state index contributed by atoms with van der Waals surface area (Å²) < 4.78 is 0. The molecule has 0 aliphatic heterocycles. The lowest BCUT2D eigenvalue weighted by atomic mass is 10.1. The number of carboxylic acids is 1. The number of hydrogen-bond acceptors (Lipinski definition) is 4. The third-order valence-electron chi connectivity index (χ3n) is 3.40. The minimum atomic E-state index is -1.03. The van der Waals surface area contributed by atoms with E-state index in [-0.39, 0.29) is 11.4 Å². The van der Waals surface area contributed by atoms with Crippen LogP contribution in [0.2, 0.25) is 0 Å². The molecule has 3 N–H and O–H groups in total. The highest BCUT2D eigenvalue weighted by molar-refractivity contribution is 6.02. The molecule has 1 amide bonds. The van der Waals surface area contributed by atoms with Crippen LogP contribution in [-0.2, 0) is 0 Å². The lowest BCUT2D eigenvalue weighted by Crippen LogP contribution is -2.14. The van der Waals surface area contributed by atoms with Crippen LogP contribution in [0.25, 0.3) is 0 Å². The molecule has 0 unspecified atom stereocenters. The van der Waals surface area contributed by atoms with Gasteiger partial charge in [-0.3, -0.25) is 9.89 Å². The van der Waals surface area contributed by atoms with E-state index < -0.39 is 11.9 Å². The second-order valence-electron chi connectivity index (χ2n) is 5.11. The molecule has 1 aliphatic carbocycles. The Labute approximate surface area is 120 Å². The zero-order valence-electron chi connectivity index (χ0n) is 11.4. The first-order valence-corrected chi connectivity index (χ1v) is 6.62. The number of carbonyl (C=O) groups is 2. The van der Waals surface area contributed by atoms with Gasteiger partial charge in [-0.1, -0.05) is 6.07 Å². The Balaban J connectivity index is 1.77. The molecule has 1 aromatic heterocycles. The molecular weight excluding hydrogens is 272 g/mol. The van der Waals surface area contributed by atoms with Crippen molar-refractivity contribution in [1.29, 1.82) is 0 Å². The van der Waals surface area contributed by atoms with Crippen molar-refractivity contribution in [3.8, 4) is 0 Å². The van der Waals surface area contributed by atoms with Crippen LogP contribution in [0, 0.1) is 6.92 Å². The summed E-state index contributed by atoms with van der Waals surface area (Å²) in [5.41, 5.74) is 1.19. The predicted octanol–water partition coefficient (Wildman–Crippen LogP) is 1.94. The van der Waals surface area contributed by atoms with Crippen LogP contribution in [0.1, 0.15) is 51.1 Å². The molecule has 1 aliphatic rings. The highest BCUT2D eigenvalue weighted by Crippen LogP contribution is 2.37. The topological polar surface area (TPSA) is 108 Å². The van der Waals surface area contributed by atoms with Gasteiger partial charge in [-0.25, -0.2) is 9.78 Å². The van der Waals surface area contributed by atoms with Crippen molar-refractivity contribution in [1.82, 2.24) is 15.2 Å². The monoisotopic (exact) mass is 286 g/mol. The van der Waals surface area contributed by atoms with E-state index in [9.17, 15) is 9.59 Å². The number of aromatic nitrogens is 3. The number of aromatic amines is 1. The summed E-state index contributed by atoms with van der Waals surface area (Å²) in [5, 5.41) is 18.3. The van der Waals surface area contributed by atoms with E-state index in [2.05, 4.69) is 20.5 Å². The lowest BCUT2D eigenvalue weighted by molar-refractivity contribution is 0.0695. The fraction of sp³-hybridized carbons (Fsp3) is 0.286. The van der Waals surface area contributed by atoms with E-state index in [1.54, 1.807) is 19.1 Å². The van der Waals surface area contributed by atoms with E-state index in [0.717, 1.165) is 18.7 Å². The summed E-state index contributed by atoms with van der Waals surface area (Å²) >= 11 is 0. The van der Waals surface area contributed by atoms with Gasteiger partial charge in [-0.05, 0) is 37.5 Å². The van der Waals surface area contributed by atoms with Crippen molar-refractivity contribution < 1.29 is 14.7 Å². The maximum Gasteiger partial charge on any atom is 0.336 e. The van der Waals surface area contributed by atoms with Crippen LogP contribution in [0.3, 0.4) is 0 Å². The highest BCUT2D eigenvalue weighted by atomic mass is 16.4. The molecule has 1 fully saturated rings. The van der Waals surface area contributed by atoms with Crippen LogP contribution in [-0.4, -0.2) is 32.2 Å². The molecule has 0 atom stereocenters. The van der Waals surface area contributed by atoms with Gasteiger partial charge in [-0.2, -0.15) is 0 Å². The quantitative estimate of drug-likeness (QED) is 0.796. The van der Waals surface area contributed by atoms with Crippen molar-refractivity contribution in [2.24, 2.45) is 0 Å². The molecule has 7 nitrogen and oxygen atoms in total. The fourth-order valence-corrected chi connectivity index (χ4v) is 2.03. The molecular formula is C14H14N4O3. The molecule has 1 aromatic carbocycles. The Bertz CT molecular complexity index is 719. The van der Waals surface area contributed by atoms with Gasteiger partial charge in [0, 0.05) is 11.6 Å². The van der Waals surface area contributed by atoms with Gasteiger partial charge in [-0.15, -0.1) is 5.10 Å². The molecule has 7 heteroatoms. The number of benzene rings is 1. The average molecular weight is 286 g/mol. The summed E-state index contributed by atoms with van der Waals surface area (Å²) in [6.07, 6.45) is 2.13. The fourth-order valence-electron chi connectivity index (χ4n) is 2.03. The third kappa shape index (κ3) is 2.76. The number of rotatable bonds is 4. The Kier molecular flexibility index (Phi) is 3.17. The SMILES string of the molecule is Cc1ccc(NC(=O)c2n[nH]c(C3CC3)n2)cc1C(=O)O. The smallest absolute Gasteiger partial charge is 0.336 e. The Morgan fingerprint density at radius 2 is 2.14 bits per heavy atom. The van der Waals surface area contributed by atoms with Gasteiger partial charge in [0.15, 0.2) is 0 Å². The van der Waals surface area contributed by atoms with Crippen LogP contribution < -0.4 is 5.32 Å². The second-order valence-corrected chi connectivity index (χ2v) is 5.11. The third-order valence-corrected chi connectivity index (χ3v) is 3.40. The van der Waals surface area contributed by atoms with Crippen molar-refractivity contribution in [3.05, 3.63) is 41.0 Å². The number of aryl methyl sites for hydroxylation is 1. The van der Waals surface area contributed by atoms with Crippen molar-refractivity contribution in [2.75, 3.05) is 5.32 Å². The van der Waals surface area contributed by atoms with Crippen molar-refractivity contribution in [3.63, 3.8) is 0 Å². The standard InChI is InChI=1S/C14H14N4O3/c1-7-2-5-9(6-10(7)14(20)21)15-13(19)12-16-11(17-18-12)8-3-4-8/h2,5-6,8H,3-4H2,1H3,(H,15,19)(H,20,21)(H,16,17,18). The number of carbonyl (C=O) groups excluding carboxylic acids is 1. The first-order valence-electron chi connectivity index (χ1n) is 6.62. The molecule has 1 heterocycles. The zero-order valence-corrected chi connectivity index (χ0v) is 11.4. The second kappa shape index (κ2) is 5.01. The van der Waals surface area contributed by atoms with Crippen LogP contribution in [0.15, 0.2) is 18.2 Å². The lowest BCUT2D eigenvalue weighted by Gasteiger charge is -2.06. The molecule has 21 heavy (non-hydrogen) atoms. The summed E-state index contributed by atoms with van der Waals surface area (Å²) in [6, 6.07) is 4.71. The summed E-state index contributed by atoms with van der Waals surface area (Å²) in [6.45, 7) is 1.70. The molecule has 3 rings (SSSR count). The Morgan fingerprint density at radius 3 is 2.81 bits per heavy atom. The van der Waals surface area contributed by atoms with E-state index in [1.165, 1.54) is 6.07 Å². The van der Waals surface area contributed by atoms with Gasteiger partial charge >= 0.3 is 5.97 Å². The largest absolute Gasteiger partial charge is 0.478 e. The minimum absolute atomic E-state index is 0.0642. The predicted molar refractivity (Wildman–Crippen MR) is 74.4 cm³/mol. The molecule has 0 spiro atoms. The van der Waals surface area contributed by atoms with E-state index >= 15 is 0 Å². The maximum absolute atomic E-state index is 12.0. The molecule has 0 bridgehead atoms. The van der Waals surface area contributed by atoms with Gasteiger partial charge in [0.25, 0.3) is 5.91 Å². The molecule has 0 radical (unpaired) electrons. The van der Waals surface area contributed by atoms with Crippen LogP contribution >= 0.6 is 0 Å². The number of H-pyrrole nitrogens is 1. The van der Waals surface area contributed by atoms with Crippen LogP contribution in [0.4, 0.5) is 5.69 Å². The zero-order chi connectivity index (χ0) is 15.0. The van der Waals surface area contributed by atoms with Gasteiger partial charge in [0.2, 0.25) is 5.82 Å². The maximum atomic E-state index is 12.0. The number of nitrogens with one attached hydrogen (secondary N) is 2. The number of aromatic carboxylic acids is 1. The highest BCUT2D eigenvalue weighted by Gasteiger charge is 2.28. The number of hydrogen-bond donors (Lipinski definition) is 3. The molecule has 108 valence electrons. The van der Waals surface area contributed by atoms with Gasteiger partial charge in [0.1, 0.15) is 5.82 Å². The van der Waals surface area contributed by atoms with E-state index in [4.69, 9.17) is 5.11 Å². The number of anilines is 1. The minimum Gasteiger partial charge on any atom is -0.478 e. The van der Waals surface area contributed by atoms with Crippen LogP contribution in [0.5, 0.6) is 0 Å². The van der Waals surface area contributed by atoms with E-state index in [0.29, 0.717) is 17.2 Å². The van der Waals surface area contributed by atoms with E-state index in [1.807, 2.05) is 0 Å². The molecule has 0 saturated heterocycles. The number of nitrogens with zero attached hydrogens (tertiary/aromatic N) is 2. The average Bonchev–Trinajstić information content (AvgIpc) is 3.18. The van der Waals surface area contributed by atoms with Crippen molar-refractivity contribution in [2.45, 2.75) is 25.7 Å². The summed E-state index contributed by atoms with van der Waals surface area (Å²) in [4.78, 5) is 27.3. The number of amides is 1. The summed E-state index contributed by atoms with van der Waals surface area (Å²) in [5.74, 6) is -0.308. The Hall–Kier alpha value is -2.70. The summed E-state index contributed by atoms with van der Waals surface area (Å²) in [7, 11) is 0. The van der Waals surface area contributed by atoms with Crippen molar-refractivity contribution >= 4 is 17.6 Å². The first kappa shape index (κ1) is 13.3. The normalized spacial score (nSPS) is 14.0. The molecule has 1 saturated carbocycles. The number of carboxylic acid groups (broad SMARTS) is 1. The Morgan fingerprint density at radius 1 is 1.38 bits per heavy atom. The molecule has 2 aromatic rings. The van der Waals surface area contributed by atoms with Gasteiger partial charge in [0.05, 0.1) is 5.56 Å².